The van der Waals surface area contributed by atoms with Gasteiger partial charge in [0.25, 0.3) is 0 Å². The maximum atomic E-state index is 11.8. The third kappa shape index (κ3) is 3.38. The second-order valence-electron chi connectivity index (χ2n) is 3.86. The van der Waals surface area contributed by atoms with Crippen molar-refractivity contribution < 1.29 is 9.59 Å². The second kappa shape index (κ2) is 5.90. The van der Waals surface area contributed by atoms with E-state index in [-0.39, 0.29) is 11.8 Å². The maximum absolute atomic E-state index is 11.8. The van der Waals surface area contributed by atoms with Crippen molar-refractivity contribution in [1.29, 1.82) is 0 Å². The SMILES string of the molecule is CC(C)[C@H](NC=O)C(=O)Nc1ccccc1. The van der Waals surface area contributed by atoms with Crippen LogP contribution < -0.4 is 10.6 Å². The second-order valence-corrected chi connectivity index (χ2v) is 3.86. The van der Waals surface area contributed by atoms with Crippen molar-refractivity contribution in [2.75, 3.05) is 5.32 Å². The lowest BCUT2D eigenvalue weighted by molar-refractivity contribution is -0.122. The van der Waals surface area contributed by atoms with Gasteiger partial charge in [0, 0.05) is 5.69 Å². The lowest BCUT2D eigenvalue weighted by Crippen LogP contribution is -2.43. The van der Waals surface area contributed by atoms with Gasteiger partial charge in [0.2, 0.25) is 12.3 Å². The highest BCUT2D eigenvalue weighted by molar-refractivity contribution is 5.95. The zero-order valence-corrected chi connectivity index (χ0v) is 9.44. The van der Waals surface area contributed by atoms with Gasteiger partial charge >= 0.3 is 0 Å². The minimum Gasteiger partial charge on any atom is -0.347 e. The Hall–Kier alpha value is -1.84. The van der Waals surface area contributed by atoms with Crippen LogP contribution >= 0.6 is 0 Å². The van der Waals surface area contributed by atoms with Gasteiger partial charge in [-0.1, -0.05) is 32.0 Å². The summed E-state index contributed by atoms with van der Waals surface area (Å²) < 4.78 is 0. The lowest BCUT2D eigenvalue weighted by atomic mass is 10.0. The molecule has 0 aliphatic carbocycles. The average Bonchev–Trinajstić information content (AvgIpc) is 2.26. The van der Waals surface area contributed by atoms with E-state index in [0.29, 0.717) is 6.41 Å². The normalized spacial score (nSPS) is 11.9. The first-order valence-electron chi connectivity index (χ1n) is 5.20. The van der Waals surface area contributed by atoms with Crippen molar-refractivity contribution in [2.24, 2.45) is 5.92 Å². The number of anilines is 1. The maximum Gasteiger partial charge on any atom is 0.247 e. The molecule has 0 saturated heterocycles. The van der Waals surface area contributed by atoms with Crippen LogP contribution in [0.1, 0.15) is 13.8 Å². The molecule has 0 heterocycles. The van der Waals surface area contributed by atoms with Crippen molar-refractivity contribution in [3.05, 3.63) is 30.3 Å². The number of amides is 2. The Morgan fingerprint density at radius 3 is 2.38 bits per heavy atom. The summed E-state index contributed by atoms with van der Waals surface area (Å²) in [6.45, 7) is 3.76. The number of hydrogen-bond donors (Lipinski definition) is 2. The smallest absolute Gasteiger partial charge is 0.247 e. The number of para-hydroxylation sites is 1. The summed E-state index contributed by atoms with van der Waals surface area (Å²) in [5.41, 5.74) is 0.728. The summed E-state index contributed by atoms with van der Waals surface area (Å²) in [5.74, 6) is -0.151. The van der Waals surface area contributed by atoms with E-state index in [1.54, 1.807) is 12.1 Å². The topological polar surface area (TPSA) is 58.2 Å². The number of nitrogens with one attached hydrogen (secondary N) is 2. The van der Waals surface area contributed by atoms with Crippen LogP contribution in [-0.4, -0.2) is 18.4 Å². The van der Waals surface area contributed by atoms with Gasteiger partial charge in [0.05, 0.1) is 0 Å². The lowest BCUT2D eigenvalue weighted by Gasteiger charge is -2.19. The van der Waals surface area contributed by atoms with E-state index in [2.05, 4.69) is 10.6 Å². The molecule has 0 saturated carbocycles. The summed E-state index contributed by atoms with van der Waals surface area (Å²) in [7, 11) is 0. The number of rotatable bonds is 5. The Labute approximate surface area is 95.0 Å². The monoisotopic (exact) mass is 220 g/mol. The molecule has 0 bridgehead atoms. The van der Waals surface area contributed by atoms with Crippen LogP contribution in [0.5, 0.6) is 0 Å². The van der Waals surface area contributed by atoms with Crippen LogP contribution in [0.2, 0.25) is 0 Å². The predicted molar refractivity (Wildman–Crippen MR) is 62.9 cm³/mol. The molecule has 0 fully saturated rings. The first-order chi connectivity index (χ1) is 7.65. The fourth-order valence-corrected chi connectivity index (χ4v) is 1.39. The van der Waals surface area contributed by atoms with E-state index < -0.39 is 6.04 Å². The molecule has 0 radical (unpaired) electrons. The van der Waals surface area contributed by atoms with Gasteiger partial charge in [-0.15, -0.1) is 0 Å². The molecule has 4 nitrogen and oxygen atoms in total. The first-order valence-corrected chi connectivity index (χ1v) is 5.20. The minimum absolute atomic E-state index is 0.0499. The van der Waals surface area contributed by atoms with Gasteiger partial charge in [-0.25, -0.2) is 0 Å². The van der Waals surface area contributed by atoms with Crippen molar-refractivity contribution in [3.63, 3.8) is 0 Å². The van der Waals surface area contributed by atoms with E-state index >= 15 is 0 Å². The Balaban J connectivity index is 2.66. The highest BCUT2D eigenvalue weighted by Gasteiger charge is 2.20. The van der Waals surface area contributed by atoms with Crippen LogP contribution in [0, 0.1) is 5.92 Å². The summed E-state index contributed by atoms with van der Waals surface area (Å²) in [4.78, 5) is 22.2. The molecule has 2 N–H and O–H groups in total. The Kier molecular flexibility index (Phi) is 4.51. The molecule has 0 aliphatic rings. The van der Waals surface area contributed by atoms with Gasteiger partial charge in [-0.2, -0.15) is 0 Å². The molecule has 86 valence electrons. The van der Waals surface area contributed by atoms with Crippen molar-refractivity contribution in [3.8, 4) is 0 Å². The largest absolute Gasteiger partial charge is 0.347 e. The minimum atomic E-state index is -0.502. The predicted octanol–water partition coefficient (Wildman–Crippen LogP) is 1.40. The number of carbonyl (C=O) groups is 2. The first kappa shape index (κ1) is 12.2. The van der Waals surface area contributed by atoms with Gasteiger partial charge in [-0.3, -0.25) is 9.59 Å². The van der Waals surface area contributed by atoms with Crippen LogP contribution in [0.15, 0.2) is 30.3 Å². The summed E-state index contributed by atoms with van der Waals surface area (Å²) >= 11 is 0. The molecule has 4 heteroatoms. The van der Waals surface area contributed by atoms with E-state index in [0.717, 1.165) is 5.69 Å². The van der Waals surface area contributed by atoms with Crippen molar-refractivity contribution >= 4 is 18.0 Å². The van der Waals surface area contributed by atoms with E-state index in [9.17, 15) is 9.59 Å². The molecule has 1 aromatic rings. The molecular weight excluding hydrogens is 204 g/mol. The third-order valence-electron chi connectivity index (χ3n) is 2.24. The fourth-order valence-electron chi connectivity index (χ4n) is 1.39. The van der Waals surface area contributed by atoms with E-state index in [1.807, 2.05) is 32.0 Å². The van der Waals surface area contributed by atoms with Crippen LogP contribution in [0.4, 0.5) is 5.69 Å². The summed E-state index contributed by atoms with van der Waals surface area (Å²) in [5, 5.41) is 5.26. The molecule has 0 unspecified atom stereocenters. The van der Waals surface area contributed by atoms with E-state index in [4.69, 9.17) is 0 Å². The molecule has 1 aromatic carbocycles. The van der Waals surface area contributed by atoms with Crippen molar-refractivity contribution in [1.82, 2.24) is 5.32 Å². The molecule has 1 atom stereocenters. The molecule has 2 amide bonds. The quantitative estimate of drug-likeness (QED) is 0.737. The Bertz CT molecular complexity index is 349. The Morgan fingerprint density at radius 2 is 1.88 bits per heavy atom. The fraction of sp³-hybridized carbons (Fsp3) is 0.333. The van der Waals surface area contributed by atoms with Gasteiger partial charge in [0.15, 0.2) is 0 Å². The average molecular weight is 220 g/mol. The van der Waals surface area contributed by atoms with Crippen molar-refractivity contribution in [2.45, 2.75) is 19.9 Å². The molecule has 1 rings (SSSR count). The summed E-state index contributed by atoms with van der Waals surface area (Å²) in [6.07, 6.45) is 0.551. The molecule has 0 aliphatic heterocycles. The molecule has 0 aromatic heterocycles. The van der Waals surface area contributed by atoms with Gasteiger partial charge < -0.3 is 10.6 Å². The number of hydrogen-bond acceptors (Lipinski definition) is 2. The zero-order chi connectivity index (χ0) is 12.0. The standard InChI is InChI=1S/C12H16N2O2/c1-9(2)11(13-8-15)12(16)14-10-6-4-3-5-7-10/h3-9,11H,1-2H3,(H,13,15)(H,14,16)/t11-/m0/s1. The molecular formula is C12H16N2O2. The highest BCUT2D eigenvalue weighted by Crippen LogP contribution is 2.08. The molecule has 0 spiro atoms. The number of benzene rings is 1. The Morgan fingerprint density at radius 1 is 1.25 bits per heavy atom. The number of carbonyl (C=O) groups excluding carboxylic acids is 2. The highest BCUT2D eigenvalue weighted by atomic mass is 16.2. The third-order valence-corrected chi connectivity index (χ3v) is 2.24. The van der Waals surface area contributed by atoms with E-state index in [1.165, 1.54) is 0 Å². The van der Waals surface area contributed by atoms with Gasteiger partial charge in [0.1, 0.15) is 6.04 Å². The van der Waals surface area contributed by atoms with Gasteiger partial charge in [-0.05, 0) is 18.1 Å². The summed E-state index contributed by atoms with van der Waals surface area (Å²) in [6, 6.07) is 8.66. The van der Waals surface area contributed by atoms with Crippen LogP contribution in [-0.2, 0) is 9.59 Å². The van der Waals surface area contributed by atoms with Crippen LogP contribution in [0.3, 0.4) is 0 Å². The molecule has 16 heavy (non-hydrogen) atoms. The van der Waals surface area contributed by atoms with Crippen LogP contribution in [0.25, 0.3) is 0 Å². The zero-order valence-electron chi connectivity index (χ0n) is 9.44.